The lowest BCUT2D eigenvalue weighted by atomic mass is 9.79. The van der Waals surface area contributed by atoms with Crippen LogP contribution >= 0.6 is 0 Å². The van der Waals surface area contributed by atoms with Crippen molar-refractivity contribution in [1.82, 2.24) is 0 Å². The summed E-state index contributed by atoms with van der Waals surface area (Å²) in [5.74, 6) is 2.83. The molecule has 2 bridgehead atoms. The molecule has 0 nitrogen and oxygen atoms in total. The number of rotatable bonds is 9. The van der Waals surface area contributed by atoms with Crippen LogP contribution < -0.4 is 5.19 Å². The van der Waals surface area contributed by atoms with Crippen LogP contribution in [0, 0.1) is 0 Å². The van der Waals surface area contributed by atoms with E-state index in [0.29, 0.717) is 50.6 Å². The molecule has 2 unspecified atom stereocenters. The van der Waals surface area contributed by atoms with Gasteiger partial charge in [-0.05, 0) is 125 Å². The molecule has 7 rings (SSSR count). The Labute approximate surface area is 289 Å². The first kappa shape index (κ1) is 34.5. The molecule has 1 heteroatoms. The van der Waals surface area contributed by atoms with E-state index in [1.807, 2.05) is 0 Å². The Morgan fingerprint density at radius 2 is 0.766 bits per heavy atom. The standard InChI is InChI=1S/C46H64Si/c1-25(2)33-21-37(27(5)6)41(38(22-33)28(7)8)35-19-18-20-36(42-39(29(9)10)23-34(26(3)4)24-40(42)30(11)12)43(35)47-44(15)31(13)32(14)45(47,16)46(44,47)17/h18-30H,1-17H3. The van der Waals surface area contributed by atoms with E-state index in [1.54, 1.807) is 60.8 Å². The van der Waals surface area contributed by atoms with Gasteiger partial charge in [0.2, 0.25) is 0 Å². The highest BCUT2D eigenvalue weighted by Gasteiger charge is 3.12. The van der Waals surface area contributed by atoms with Gasteiger partial charge in [-0.25, -0.2) is 0 Å². The van der Waals surface area contributed by atoms with E-state index in [2.05, 4.69) is 160 Å². The Balaban J connectivity index is 1.82. The largest absolute Gasteiger partial charge is 0.115 e. The van der Waals surface area contributed by atoms with Gasteiger partial charge >= 0.3 is 0 Å². The van der Waals surface area contributed by atoms with Gasteiger partial charge in [0.05, 0.1) is 0 Å². The van der Waals surface area contributed by atoms with Crippen LogP contribution in [0.5, 0.6) is 0 Å². The summed E-state index contributed by atoms with van der Waals surface area (Å²) in [6.45, 7) is 41.9. The van der Waals surface area contributed by atoms with Gasteiger partial charge in [0.25, 0.3) is 0 Å². The fourth-order valence-electron chi connectivity index (χ4n) is 11.5. The van der Waals surface area contributed by atoms with Gasteiger partial charge in [0.1, 0.15) is 8.07 Å². The second kappa shape index (κ2) is 10.8. The van der Waals surface area contributed by atoms with E-state index < -0.39 is 8.07 Å². The lowest BCUT2D eigenvalue weighted by Gasteiger charge is -2.34. The lowest BCUT2D eigenvalue weighted by Crippen LogP contribution is -2.38. The molecule has 0 saturated carbocycles. The van der Waals surface area contributed by atoms with Crippen molar-refractivity contribution in [3.63, 3.8) is 0 Å². The Kier molecular flexibility index (Phi) is 7.93. The normalized spacial score (nSPS) is 27.8. The van der Waals surface area contributed by atoms with Gasteiger partial charge < -0.3 is 0 Å². The quantitative estimate of drug-likeness (QED) is 0.161. The summed E-state index contributed by atoms with van der Waals surface area (Å²) in [7, 11) is -2.04. The highest BCUT2D eigenvalue weighted by Crippen LogP contribution is 3.17. The molecule has 0 amide bonds. The molecule has 252 valence electrons. The number of benzene rings is 3. The highest BCUT2D eigenvalue weighted by molar-refractivity contribution is 7.23. The maximum absolute atomic E-state index is 2.70. The zero-order valence-corrected chi connectivity index (χ0v) is 34.0. The van der Waals surface area contributed by atoms with Crippen molar-refractivity contribution in [3.05, 3.63) is 87.0 Å². The van der Waals surface area contributed by atoms with Crippen molar-refractivity contribution < 1.29 is 0 Å². The maximum atomic E-state index is 2.70. The molecule has 3 heterocycles. The molecule has 3 aliphatic heterocycles. The summed E-state index contributed by atoms with van der Waals surface area (Å²) < 4.78 is 0. The second-order valence-corrected chi connectivity index (χ2v) is 23.2. The molecule has 4 aliphatic rings. The molecule has 2 fully saturated rings. The maximum Gasteiger partial charge on any atom is 0.115 e. The fourth-order valence-corrected chi connectivity index (χ4v) is 21.8. The van der Waals surface area contributed by atoms with Crippen molar-refractivity contribution in [3.8, 4) is 22.3 Å². The van der Waals surface area contributed by atoms with E-state index in [1.165, 1.54) is 11.1 Å². The van der Waals surface area contributed by atoms with Gasteiger partial charge in [-0.15, -0.1) is 0 Å². The van der Waals surface area contributed by atoms with Crippen molar-refractivity contribution in [2.24, 2.45) is 0 Å². The smallest absolute Gasteiger partial charge is 0.0702 e. The van der Waals surface area contributed by atoms with E-state index in [9.17, 15) is 0 Å². The Bertz CT molecular complexity index is 1630. The molecule has 2 atom stereocenters. The molecule has 1 aliphatic carbocycles. The molecule has 2 saturated heterocycles. The molecule has 0 N–H and O–H groups in total. The summed E-state index contributed by atoms with van der Waals surface area (Å²) in [5, 5.41) is 2.82. The predicted octanol–water partition coefficient (Wildman–Crippen LogP) is 14.1. The van der Waals surface area contributed by atoms with Crippen LogP contribution in [0.1, 0.15) is 187 Å². The Morgan fingerprint density at radius 3 is 1.00 bits per heavy atom. The van der Waals surface area contributed by atoms with Crippen molar-refractivity contribution >= 4 is 13.3 Å². The molecule has 3 aromatic rings. The van der Waals surface area contributed by atoms with Crippen molar-refractivity contribution in [1.29, 1.82) is 0 Å². The molecule has 47 heavy (non-hydrogen) atoms. The first-order valence-corrected chi connectivity index (χ1v) is 21.0. The van der Waals surface area contributed by atoms with E-state index in [4.69, 9.17) is 0 Å². The third kappa shape index (κ3) is 3.93. The monoisotopic (exact) mass is 644 g/mol. The van der Waals surface area contributed by atoms with Gasteiger partial charge in [-0.3, -0.25) is 0 Å². The molecule has 0 aromatic heterocycles. The molecule has 0 spiro atoms. The average Bonchev–Trinajstić information content (AvgIpc) is 3.65. The molecular formula is C46H64Si. The van der Waals surface area contributed by atoms with Gasteiger partial charge in [0, 0.05) is 0 Å². The third-order valence-electron chi connectivity index (χ3n) is 14.4. The van der Waals surface area contributed by atoms with E-state index in [0.717, 1.165) is 0 Å². The minimum Gasteiger partial charge on any atom is -0.0702 e. The minimum atomic E-state index is -2.04. The van der Waals surface area contributed by atoms with Gasteiger partial charge in [0.15, 0.2) is 0 Å². The van der Waals surface area contributed by atoms with Crippen LogP contribution in [0.25, 0.3) is 22.3 Å². The highest BCUT2D eigenvalue weighted by atomic mass is 28.3. The zero-order valence-electron chi connectivity index (χ0n) is 33.0. The Morgan fingerprint density at radius 1 is 0.468 bits per heavy atom. The topological polar surface area (TPSA) is 0 Å². The number of hydrogen-bond donors (Lipinski definition) is 0. The summed E-state index contributed by atoms with van der Waals surface area (Å²) in [6.07, 6.45) is 0. The van der Waals surface area contributed by atoms with Gasteiger partial charge in [-0.2, -0.15) is 0 Å². The minimum absolute atomic E-state index is 0.325. The first-order chi connectivity index (χ1) is 21.8. The molecule has 0 radical (unpaired) electrons. The fraction of sp³-hybridized carbons (Fsp3) is 0.565. The van der Waals surface area contributed by atoms with Crippen molar-refractivity contribution in [2.75, 3.05) is 0 Å². The van der Waals surface area contributed by atoms with Crippen LogP contribution in [0.2, 0.25) is 15.1 Å². The summed E-state index contributed by atoms with van der Waals surface area (Å²) >= 11 is 0. The van der Waals surface area contributed by atoms with E-state index in [-0.39, 0.29) is 0 Å². The van der Waals surface area contributed by atoms with Crippen LogP contribution in [-0.2, 0) is 0 Å². The number of hydrogen-bond acceptors (Lipinski definition) is 0. The van der Waals surface area contributed by atoms with E-state index >= 15 is 0 Å². The average molecular weight is 645 g/mol. The predicted molar refractivity (Wildman–Crippen MR) is 211 cm³/mol. The number of allylic oxidation sites excluding steroid dienone is 2. The van der Waals surface area contributed by atoms with Crippen LogP contribution in [0.3, 0.4) is 0 Å². The first-order valence-electron chi connectivity index (χ1n) is 19.0. The summed E-state index contributed by atoms with van der Waals surface area (Å²) in [4.78, 5) is 0. The Hall–Kier alpha value is -2.38. The molecule has 3 aromatic carbocycles. The molecular weight excluding hydrogens is 581 g/mol. The summed E-state index contributed by atoms with van der Waals surface area (Å²) in [6, 6.07) is 17.9. The zero-order chi connectivity index (χ0) is 34.9. The van der Waals surface area contributed by atoms with Crippen LogP contribution in [0.4, 0.5) is 0 Å². The van der Waals surface area contributed by atoms with Gasteiger partial charge in [-0.1, -0.05) is 157 Å². The SMILES string of the molecule is CC1=C(C)C2(C)C3(C)C1(C)[Si]23c1c(-c2c(C(C)C)cc(C(C)C)cc2C(C)C)cccc1-c1c(C(C)C)cc(C(C)C)cc1C(C)C. The summed E-state index contributed by atoms with van der Waals surface area (Å²) in [5.41, 5.74) is 18.8. The van der Waals surface area contributed by atoms with Crippen molar-refractivity contribution in [2.45, 2.75) is 168 Å². The van der Waals surface area contributed by atoms with Crippen LogP contribution in [0.15, 0.2) is 53.6 Å². The second-order valence-electron chi connectivity index (χ2n) is 18.2. The lowest BCUT2D eigenvalue weighted by molar-refractivity contribution is 0.559. The van der Waals surface area contributed by atoms with Crippen LogP contribution in [-0.4, -0.2) is 8.07 Å². The third-order valence-corrected chi connectivity index (χ3v) is 22.5.